The molecule has 4 amide bonds. The Morgan fingerprint density at radius 1 is 0.870 bits per heavy atom. The van der Waals surface area contributed by atoms with Gasteiger partial charge in [0.05, 0.1) is 13.1 Å². The molecule has 46 heavy (non-hydrogen) atoms. The number of amides is 4. The SMILES string of the molecule is CN1CC(=O)N2[C@@H](Cc3ccc(COC(=O)O)cc3)C(=O)N(Cc3cccc4ccccc34)C[C@@H]2N1C(=O)NCc1ccccc1. The van der Waals surface area contributed by atoms with Crippen molar-refractivity contribution in [3.63, 3.8) is 0 Å². The summed E-state index contributed by atoms with van der Waals surface area (Å²) in [6, 6.07) is 29.4. The van der Waals surface area contributed by atoms with E-state index in [9.17, 15) is 19.2 Å². The Labute approximate surface area is 266 Å². The van der Waals surface area contributed by atoms with Gasteiger partial charge in [-0.2, -0.15) is 0 Å². The predicted octanol–water partition coefficient (Wildman–Crippen LogP) is 4.21. The van der Waals surface area contributed by atoms with Gasteiger partial charge in [-0.3, -0.25) is 9.59 Å². The summed E-state index contributed by atoms with van der Waals surface area (Å²) in [5, 5.41) is 17.1. The van der Waals surface area contributed by atoms with E-state index >= 15 is 0 Å². The number of nitrogens with one attached hydrogen (secondary N) is 1. The van der Waals surface area contributed by atoms with Gasteiger partial charge in [0.1, 0.15) is 18.8 Å². The van der Waals surface area contributed by atoms with Crippen LogP contribution in [-0.2, 0) is 40.4 Å². The molecule has 0 saturated carbocycles. The summed E-state index contributed by atoms with van der Waals surface area (Å²) in [5.41, 5.74) is 3.36. The Hall–Kier alpha value is -5.42. The van der Waals surface area contributed by atoms with Crippen molar-refractivity contribution in [3.05, 3.63) is 119 Å². The van der Waals surface area contributed by atoms with Crippen molar-refractivity contribution >= 4 is 34.8 Å². The first-order chi connectivity index (χ1) is 22.3. The van der Waals surface area contributed by atoms with Crippen molar-refractivity contribution in [1.29, 1.82) is 0 Å². The highest BCUT2D eigenvalue weighted by molar-refractivity contribution is 5.92. The molecular weight excluding hydrogens is 586 g/mol. The van der Waals surface area contributed by atoms with Crippen LogP contribution < -0.4 is 5.32 Å². The molecule has 0 aromatic heterocycles. The van der Waals surface area contributed by atoms with Crippen LogP contribution >= 0.6 is 0 Å². The summed E-state index contributed by atoms with van der Waals surface area (Å²) in [6.07, 6.45) is -1.88. The first-order valence-electron chi connectivity index (χ1n) is 15.1. The van der Waals surface area contributed by atoms with Gasteiger partial charge < -0.3 is 25.0 Å². The summed E-state index contributed by atoms with van der Waals surface area (Å²) in [7, 11) is 1.70. The third-order valence-electron chi connectivity index (χ3n) is 8.49. The maximum absolute atomic E-state index is 14.3. The molecule has 4 aromatic carbocycles. The van der Waals surface area contributed by atoms with Crippen molar-refractivity contribution in [3.8, 4) is 0 Å². The molecule has 11 nitrogen and oxygen atoms in total. The number of ether oxygens (including phenoxy) is 1. The topological polar surface area (TPSA) is 123 Å². The molecule has 236 valence electrons. The van der Waals surface area contributed by atoms with Gasteiger partial charge in [-0.1, -0.05) is 97.1 Å². The predicted molar refractivity (Wildman–Crippen MR) is 170 cm³/mol. The summed E-state index contributed by atoms with van der Waals surface area (Å²) in [4.78, 5) is 55.8. The number of carboxylic acid groups (broad SMARTS) is 1. The molecule has 11 heteroatoms. The number of rotatable bonds is 8. The van der Waals surface area contributed by atoms with Crippen molar-refractivity contribution in [2.75, 3.05) is 20.1 Å². The van der Waals surface area contributed by atoms with Crippen LogP contribution in [0, 0.1) is 0 Å². The quantitative estimate of drug-likeness (QED) is 0.283. The van der Waals surface area contributed by atoms with E-state index in [0.29, 0.717) is 18.7 Å². The van der Waals surface area contributed by atoms with Gasteiger partial charge in [0.15, 0.2) is 0 Å². The monoisotopic (exact) mass is 621 g/mol. The average Bonchev–Trinajstić information content (AvgIpc) is 3.05. The number of fused-ring (bicyclic) bond motifs is 2. The Morgan fingerprint density at radius 2 is 1.57 bits per heavy atom. The Morgan fingerprint density at radius 3 is 2.33 bits per heavy atom. The third kappa shape index (κ3) is 6.50. The lowest BCUT2D eigenvalue weighted by Crippen LogP contribution is -2.76. The molecule has 2 heterocycles. The van der Waals surface area contributed by atoms with Crippen LogP contribution in [0.3, 0.4) is 0 Å². The summed E-state index contributed by atoms with van der Waals surface area (Å²) in [5.74, 6) is -0.445. The second-order valence-electron chi connectivity index (χ2n) is 11.5. The molecule has 2 fully saturated rings. The molecule has 4 aromatic rings. The zero-order chi connectivity index (χ0) is 32.2. The average molecular weight is 622 g/mol. The van der Waals surface area contributed by atoms with Crippen molar-refractivity contribution in [1.82, 2.24) is 25.1 Å². The fourth-order valence-corrected chi connectivity index (χ4v) is 6.28. The molecule has 2 saturated heterocycles. The van der Waals surface area contributed by atoms with Crippen molar-refractivity contribution in [2.45, 2.75) is 38.3 Å². The number of carbonyl (C=O) groups is 4. The Kier molecular flexibility index (Phi) is 8.84. The van der Waals surface area contributed by atoms with Gasteiger partial charge in [0.25, 0.3) is 0 Å². The molecule has 2 N–H and O–H groups in total. The van der Waals surface area contributed by atoms with Crippen LogP contribution in [0.1, 0.15) is 22.3 Å². The molecule has 2 aliphatic heterocycles. The first kappa shape index (κ1) is 30.6. The third-order valence-corrected chi connectivity index (χ3v) is 8.49. The van der Waals surface area contributed by atoms with Gasteiger partial charge in [-0.15, -0.1) is 0 Å². The van der Waals surface area contributed by atoms with Gasteiger partial charge in [-0.05, 0) is 33.0 Å². The summed E-state index contributed by atoms with van der Waals surface area (Å²) < 4.78 is 4.67. The Bertz CT molecular complexity index is 1740. The number of hydrogen-bond acceptors (Lipinski definition) is 6. The van der Waals surface area contributed by atoms with Crippen LogP contribution in [-0.4, -0.2) is 81.3 Å². The minimum atomic E-state index is -1.36. The number of likely N-dealkylation sites (N-methyl/N-ethyl adjacent to an activating group) is 1. The number of hydrogen-bond donors (Lipinski definition) is 2. The van der Waals surface area contributed by atoms with E-state index < -0.39 is 18.4 Å². The normalized spacial score (nSPS) is 18.4. The van der Waals surface area contributed by atoms with Crippen LogP contribution in [0.2, 0.25) is 0 Å². The first-order valence-corrected chi connectivity index (χ1v) is 15.1. The minimum absolute atomic E-state index is 0.0617. The lowest BCUT2D eigenvalue weighted by atomic mass is 9.97. The molecular formula is C35H35N5O6. The lowest BCUT2D eigenvalue weighted by Gasteiger charge is -2.54. The molecule has 2 aliphatic rings. The fraction of sp³-hybridized carbons (Fsp3) is 0.257. The molecule has 0 spiro atoms. The summed E-state index contributed by atoms with van der Waals surface area (Å²) >= 11 is 0. The highest BCUT2D eigenvalue weighted by Gasteiger charge is 2.50. The van der Waals surface area contributed by atoms with Crippen molar-refractivity contribution in [2.24, 2.45) is 0 Å². The van der Waals surface area contributed by atoms with Crippen LogP contribution in [0.25, 0.3) is 10.8 Å². The zero-order valence-corrected chi connectivity index (χ0v) is 25.4. The second kappa shape index (κ2) is 13.3. The number of nitrogens with zero attached hydrogens (tertiary/aromatic N) is 4. The zero-order valence-electron chi connectivity index (χ0n) is 25.4. The van der Waals surface area contributed by atoms with Crippen LogP contribution in [0.4, 0.5) is 9.59 Å². The van der Waals surface area contributed by atoms with E-state index in [2.05, 4.69) is 10.1 Å². The number of hydrazine groups is 1. The van der Waals surface area contributed by atoms with E-state index in [0.717, 1.165) is 27.5 Å². The smallest absolute Gasteiger partial charge is 0.450 e. The Balaban J connectivity index is 1.31. The number of benzene rings is 4. The molecule has 6 rings (SSSR count). The van der Waals surface area contributed by atoms with E-state index in [4.69, 9.17) is 5.11 Å². The lowest BCUT2D eigenvalue weighted by molar-refractivity contribution is -0.187. The molecule has 0 unspecified atom stereocenters. The number of carbonyl (C=O) groups excluding carboxylic acids is 3. The van der Waals surface area contributed by atoms with Crippen molar-refractivity contribution < 1.29 is 29.0 Å². The minimum Gasteiger partial charge on any atom is -0.450 e. The molecule has 2 atom stereocenters. The van der Waals surface area contributed by atoms with Gasteiger partial charge in [-0.25, -0.2) is 19.6 Å². The molecule has 0 aliphatic carbocycles. The van der Waals surface area contributed by atoms with E-state index in [1.165, 1.54) is 0 Å². The number of urea groups is 1. The van der Waals surface area contributed by atoms with Crippen LogP contribution in [0.15, 0.2) is 97.1 Å². The maximum atomic E-state index is 14.3. The standard InChI is InChI=1S/C35H35N5O6/c1-37-22-32(41)39-30(18-24-14-16-26(17-15-24)23-46-35(44)45)33(42)38(20-28-12-7-11-27-10-5-6-13-29(27)28)21-31(39)40(37)34(43)36-19-25-8-3-2-4-9-25/h2-17,30-31H,18-23H2,1H3,(H,36,43)(H,44,45)/t30-,31-/m0/s1. The van der Waals surface area contributed by atoms with Gasteiger partial charge in [0, 0.05) is 26.6 Å². The van der Waals surface area contributed by atoms with Crippen LogP contribution in [0.5, 0.6) is 0 Å². The van der Waals surface area contributed by atoms with E-state index in [1.54, 1.807) is 51.1 Å². The fourth-order valence-electron chi connectivity index (χ4n) is 6.28. The molecule has 0 bridgehead atoms. The van der Waals surface area contributed by atoms with Gasteiger partial charge in [0.2, 0.25) is 11.8 Å². The van der Waals surface area contributed by atoms with E-state index in [1.807, 2.05) is 72.8 Å². The second-order valence-corrected chi connectivity index (χ2v) is 11.5. The molecule has 0 radical (unpaired) electrons. The maximum Gasteiger partial charge on any atom is 0.506 e. The van der Waals surface area contributed by atoms with E-state index in [-0.39, 0.29) is 44.0 Å². The highest BCUT2D eigenvalue weighted by atomic mass is 16.7. The highest BCUT2D eigenvalue weighted by Crippen LogP contribution is 2.30. The number of piperazine rings is 1. The largest absolute Gasteiger partial charge is 0.506 e. The van der Waals surface area contributed by atoms with Gasteiger partial charge >= 0.3 is 12.2 Å². The summed E-state index contributed by atoms with van der Waals surface area (Å²) in [6.45, 7) is 0.601.